The van der Waals surface area contributed by atoms with Crippen molar-refractivity contribution < 1.29 is 0 Å². The lowest BCUT2D eigenvalue weighted by Gasteiger charge is -2.13. The fourth-order valence-corrected chi connectivity index (χ4v) is 2.06. The van der Waals surface area contributed by atoms with Crippen molar-refractivity contribution >= 4 is 0 Å². The molecule has 88 valence electrons. The Morgan fingerprint density at radius 1 is 1.12 bits per heavy atom. The Labute approximate surface area is 99.3 Å². The molecule has 0 saturated heterocycles. The van der Waals surface area contributed by atoms with Gasteiger partial charge in [-0.3, -0.25) is 0 Å². The second-order valence-corrected chi connectivity index (χ2v) is 5.40. The van der Waals surface area contributed by atoms with Crippen LogP contribution in [0.15, 0.2) is 24.3 Å². The maximum absolute atomic E-state index is 3.61. The van der Waals surface area contributed by atoms with E-state index in [1.165, 1.54) is 24.0 Å². The van der Waals surface area contributed by atoms with E-state index in [-0.39, 0.29) is 0 Å². The van der Waals surface area contributed by atoms with Crippen LogP contribution in [0.2, 0.25) is 0 Å². The summed E-state index contributed by atoms with van der Waals surface area (Å²) in [6, 6.07) is 9.70. The van der Waals surface area contributed by atoms with Crippen LogP contribution in [0.25, 0.3) is 0 Å². The highest BCUT2D eigenvalue weighted by molar-refractivity contribution is 5.24. The third kappa shape index (κ3) is 3.08. The number of nitrogens with one attached hydrogen (secondary N) is 1. The molecule has 0 aliphatic heterocycles. The highest BCUT2D eigenvalue weighted by Gasteiger charge is 2.27. The van der Waals surface area contributed by atoms with Crippen molar-refractivity contribution in [2.24, 2.45) is 5.92 Å². The van der Waals surface area contributed by atoms with Crippen LogP contribution in [0.5, 0.6) is 0 Å². The molecular formula is C15H23N. The Morgan fingerprint density at radius 2 is 1.75 bits per heavy atom. The van der Waals surface area contributed by atoms with Crippen molar-refractivity contribution in [3.63, 3.8) is 0 Å². The molecule has 0 amide bonds. The Balaban J connectivity index is 1.84. The number of rotatable bonds is 5. The summed E-state index contributed by atoms with van der Waals surface area (Å²) < 4.78 is 0. The first-order valence-electron chi connectivity index (χ1n) is 6.49. The first-order chi connectivity index (χ1) is 7.66. The summed E-state index contributed by atoms with van der Waals surface area (Å²) in [5.74, 6) is 1.57. The lowest BCUT2D eigenvalue weighted by Crippen LogP contribution is -2.27. The molecule has 1 heteroatoms. The van der Waals surface area contributed by atoms with Crippen molar-refractivity contribution in [2.45, 2.75) is 52.1 Å². The average Bonchev–Trinajstić information content (AvgIpc) is 3.10. The van der Waals surface area contributed by atoms with Crippen molar-refractivity contribution in [3.05, 3.63) is 35.4 Å². The van der Waals surface area contributed by atoms with Gasteiger partial charge in [0.25, 0.3) is 0 Å². The Kier molecular flexibility index (Phi) is 3.65. The summed E-state index contributed by atoms with van der Waals surface area (Å²) >= 11 is 0. The third-order valence-electron chi connectivity index (χ3n) is 3.60. The molecular weight excluding hydrogens is 194 g/mol. The summed E-state index contributed by atoms with van der Waals surface area (Å²) in [5, 5.41) is 3.61. The minimum Gasteiger partial charge on any atom is -0.310 e. The molecule has 1 N–H and O–H groups in total. The minimum absolute atomic E-state index is 0.632. The molecule has 1 nitrogen and oxygen atoms in total. The van der Waals surface area contributed by atoms with Gasteiger partial charge in [0.15, 0.2) is 0 Å². The van der Waals surface area contributed by atoms with E-state index in [4.69, 9.17) is 0 Å². The van der Waals surface area contributed by atoms with Gasteiger partial charge in [0.1, 0.15) is 0 Å². The molecule has 1 aliphatic carbocycles. The first-order valence-corrected chi connectivity index (χ1v) is 6.49. The van der Waals surface area contributed by atoms with Crippen LogP contribution in [0, 0.1) is 5.92 Å². The molecule has 0 radical (unpaired) electrons. The van der Waals surface area contributed by atoms with Crippen LogP contribution < -0.4 is 5.32 Å². The second-order valence-electron chi connectivity index (χ2n) is 5.40. The molecule has 2 rings (SSSR count). The molecule has 0 aromatic heterocycles. The molecule has 1 fully saturated rings. The molecule has 1 aromatic carbocycles. The van der Waals surface area contributed by atoms with Crippen LogP contribution in [0.4, 0.5) is 0 Å². The summed E-state index contributed by atoms with van der Waals surface area (Å²) in [6.07, 6.45) is 2.83. The molecule has 1 aliphatic rings. The normalized spacial score (nSPS) is 17.8. The third-order valence-corrected chi connectivity index (χ3v) is 3.60. The standard InChI is InChI=1S/C15H23N/c1-11(2)14-6-4-13(5-7-14)10-16-12(3)15-8-9-15/h4-7,11-12,15-16H,8-10H2,1-3H3. The van der Waals surface area contributed by atoms with Crippen molar-refractivity contribution in [3.8, 4) is 0 Å². The van der Waals surface area contributed by atoms with Gasteiger partial charge in [0, 0.05) is 12.6 Å². The zero-order chi connectivity index (χ0) is 11.5. The van der Waals surface area contributed by atoms with Gasteiger partial charge >= 0.3 is 0 Å². The molecule has 0 bridgehead atoms. The van der Waals surface area contributed by atoms with Gasteiger partial charge in [0.2, 0.25) is 0 Å². The fourth-order valence-electron chi connectivity index (χ4n) is 2.06. The maximum Gasteiger partial charge on any atom is 0.0208 e. The minimum atomic E-state index is 0.632. The molecule has 0 spiro atoms. The summed E-state index contributed by atoms with van der Waals surface area (Å²) in [4.78, 5) is 0. The van der Waals surface area contributed by atoms with Gasteiger partial charge in [0.05, 0.1) is 0 Å². The first kappa shape index (κ1) is 11.7. The molecule has 1 atom stereocenters. The number of hydrogen-bond acceptors (Lipinski definition) is 1. The Hall–Kier alpha value is -0.820. The molecule has 1 saturated carbocycles. The molecule has 1 aromatic rings. The van der Waals surface area contributed by atoms with Gasteiger partial charge in [-0.15, -0.1) is 0 Å². The van der Waals surface area contributed by atoms with Crippen molar-refractivity contribution in [1.82, 2.24) is 5.32 Å². The number of hydrogen-bond donors (Lipinski definition) is 1. The van der Waals surface area contributed by atoms with E-state index in [2.05, 4.69) is 50.4 Å². The van der Waals surface area contributed by atoms with Gasteiger partial charge < -0.3 is 5.32 Å². The van der Waals surface area contributed by atoms with Crippen molar-refractivity contribution in [1.29, 1.82) is 0 Å². The van der Waals surface area contributed by atoms with E-state index in [1.807, 2.05) is 0 Å². The highest BCUT2D eigenvalue weighted by Crippen LogP contribution is 2.32. The topological polar surface area (TPSA) is 12.0 Å². The van der Waals surface area contributed by atoms with Gasteiger partial charge in [-0.1, -0.05) is 38.1 Å². The van der Waals surface area contributed by atoms with Crippen LogP contribution in [-0.2, 0) is 6.54 Å². The Bertz CT molecular complexity index is 322. The molecule has 16 heavy (non-hydrogen) atoms. The van der Waals surface area contributed by atoms with E-state index < -0.39 is 0 Å². The molecule has 1 unspecified atom stereocenters. The predicted molar refractivity (Wildman–Crippen MR) is 69.6 cm³/mol. The van der Waals surface area contributed by atoms with Gasteiger partial charge in [-0.2, -0.15) is 0 Å². The smallest absolute Gasteiger partial charge is 0.0208 e. The Morgan fingerprint density at radius 3 is 2.25 bits per heavy atom. The monoisotopic (exact) mass is 217 g/mol. The van der Waals surface area contributed by atoms with Crippen LogP contribution in [0.3, 0.4) is 0 Å². The van der Waals surface area contributed by atoms with Crippen LogP contribution in [-0.4, -0.2) is 6.04 Å². The largest absolute Gasteiger partial charge is 0.310 e. The lowest BCUT2D eigenvalue weighted by atomic mass is 10.0. The summed E-state index contributed by atoms with van der Waals surface area (Å²) in [7, 11) is 0. The van der Waals surface area contributed by atoms with Gasteiger partial charge in [-0.25, -0.2) is 0 Å². The summed E-state index contributed by atoms with van der Waals surface area (Å²) in [6.45, 7) is 7.79. The fraction of sp³-hybridized carbons (Fsp3) is 0.600. The zero-order valence-corrected chi connectivity index (χ0v) is 10.7. The van der Waals surface area contributed by atoms with Crippen molar-refractivity contribution in [2.75, 3.05) is 0 Å². The maximum atomic E-state index is 3.61. The quantitative estimate of drug-likeness (QED) is 0.793. The van der Waals surface area contributed by atoms with Crippen LogP contribution in [0.1, 0.15) is 50.7 Å². The van der Waals surface area contributed by atoms with E-state index in [1.54, 1.807) is 0 Å². The average molecular weight is 217 g/mol. The van der Waals surface area contributed by atoms with E-state index in [9.17, 15) is 0 Å². The zero-order valence-electron chi connectivity index (χ0n) is 10.7. The van der Waals surface area contributed by atoms with E-state index >= 15 is 0 Å². The SMILES string of the molecule is CC(C)c1ccc(CNC(C)C2CC2)cc1. The van der Waals surface area contributed by atoms with Crippen LogP contribution >= 0.6 is 0 Å². The molecule has 0 heterocycles. The summed E-state index contributed by atoms with van der Waals surface area (Å²) in [5.41, 5.74) is 2.83. The lowest BCUT2D eigenvalue weighted by molar-refractivity contribution is 0.496. The second kappa shape index (κ2) is 5.01. The number of benzene rings is 1. The highest BCUT2D eigenvalue weighted by atomic mass is 14.9. The van der Waals surface area contributed by atoms with E-state index in [0.29, 0.717) is 12.0 Å². The predicted octanol–water partition coefficient (Wildman–Crippen LogP) is 3.70. The van der Waals surface area contributed by atoms with Gasteiger partial charge in [-0.05, 0) is 42.7 Å². The van der Waals surface area contributed by atoms with E-state index in [0.717, 1.165) is 12.5 Å².